The van der Waals surface area contributed by atoms with E-state index in [0.29, 0.717) is 5.56 Å². The number of nitrogens with zero attached hydrogens (tertiary/aromatic N) is 2. The SMILES string of the molecule is COc1ccc(C(=O)NCc2cccc(C#N)c2)cc1[N+](=O)[O-]. The molecule has 0 radical (unpaired) electrons. The molecule has 2 aromatic carbocycles. The number of nitriles is 1. The van der Waals surface area contributed by atoms with E-state index in [1.807, 2.05) is 6.07 Å². The molecule has 1 amide bonds. The molecule has 7 heteroatoms. The second kappa shape index (κ2) is 7.04. The molecule has 7 nitrogen and oxygen atoms in total. The van der Waals surface area contributed by atoms with Gasteiger partial charge in [0.1, 0.15) is 0 Å². The molecule has 116 valence electrons. The molecule has 0 saturated heterocycles. The summed E-state index contributed by atoms with van der Waals surface area (Å²) in [7, 11) is 1.32. The monoisotopic (exact) mass is 311 g/mol. The highest BCUT2D eigenvalue weighted by atomic mass is 16.6. The molecule has 2 rings (SSSR count). The van der Waals surface area contributed by atoms with E-state index in [-0.39, 0.29) is 23.5 Å². The maximum Gasteiger partial charge on any atom is 0.311 e. The van der Waals surface area contributed by atoms with Crippen LogP contribution in [0.15, 0.2) is 42.5 Å². The summed E-state index contributed by atoms with van der Waals surface area (Å²) in [5.41, 5.74) is 1.15. The first-order valence-corrected chi connectivity index (χ1v) is 6.65. The van der Waals surface area contributed by atoms with Crippen LogP contribution in [0.3, 0.4) is 0 Å². The fourth-order valence-electron chi connectivity index (χ4n) is 2.01. The fourth-order valence-corrected chi connectivity index (χ4v) is 2.01. The molecule has 0 heterocycles. The first kappa shape index (κ1) is 16.0. The van der Waals surface area contributed by atoms with Gasteiger partial charge in [0.05, 0.1) is 23.7 Å². The van der Waals surface area contributed by atoms with Crippen molar-refractivity contribution in [1.29, 1.82) is 5.26 Å². The van der Waals surface area contributed by atoms with Gasteiger partial charge in [-0.15, -0.1) is 0 Å². The van der Waals surface area contributed by atoms with Gasteiger partial charge < -0.3 is 10.1 Å². The third kappa shape index (κ3) is 3.83. The van der Waals surface area contributed by atoms with Crippen LogP contribution in [0.4, 0.5) is 5.69 Å². The van der Waals surface area contributed by atoms with Crippen LogP contribution in [-0.4, -0.2) is 17.9 Å². The number of nitro groups is 1. The Balaban J connectivity index is 2.13. The fraction of sp³-hybridized carbons (Fsp3) is 0.125. The molecule has 0 aliphatic carbocycles. The molecule has 0 saturated carbocycles. The highest BCUT2D eigenvalue weighted by Gasteiger charge is 2.18. The van der Waals surface area contributed by atoms with E-state index in [1.54, 1.807) is 24.3 Å². The number of nitro benzene ring substituents is 1. The molecular formula is C16H13N3O4. The molecule has 0 atom stereocenters. The molecular weight excluding hydrogens is 298 g/mol. The maximum absolute atomic E-state index is 12.1. The van der Waals surface area contributed by atoms with Gasteiger partial charge in [0.2, 0.25) is 0 Å². The van der Waals surface area contributed by atoms with Gasteiger partial charge in [0.15, 0.2) is 5.75 Å². The molecule has 0 bridgehead atoms. The number of ether oxygens (including phenoxy) is 1. The van der Waals surface area contributed by atoms with Crippen molar-refractivity contribution >= 4 is 11.6 Å². The van der Waals surface area contributed by atoms with Crippen LogP contribution in [0.5, 0.6) is 5.75 Å². The van der Waals surface area contributed by atoms with Gasteiger partial charge in [-0.2, -0.15) is 5.26 Å². The minimum Gasteiger partial charge on any atom is -0.490 e. The van der Waals surface area contributed by atoms with Gasteiger partial charge in [-0.3, -0.25) is 14.9 Å². The molecule has 0 aromatic heterocycles. The second-order valence-electron chi connectivity index (χ2n) is 4.64. The molecule has 0 aliphatic heterocycles. The van der Waals surface area contributed by atoms with Gasteiger partial charge in [-0.05, 0) is 29.8 Å². The Kier molecular flexibility index (Phi) is 4.89. The summed E-state index contributed by atoms with van der Waals surface area (Å²) in [6.45, 7) is 0.216. The number of hydrogen-bond donors (Lipinski definition) is 1. The summed E-state index contributed by atoms with van der Waals surface area (Å²) in [6.07, 6.45) is 0. The first-order valence-electron chi connectivity index (χ1n) is 6.65. The number of carbonyl (C=O) groups is 1. The summed E-state index contributed by atoms with van der Waals surface area (Å²) in [5.74, 6) is -0.355. The normalized spacial score (nSPS) is 9.74. The Hall–Kier alpha value is -3.40. The highest BCUT2D eigenvalue weighted by Crippen LogP contribution is 2.27. The zero-order valence-electron chi connectivity index (χ0n) is 12.3. The van der Waals surface area contributed by atoms with Gasteiger partial charge in [0.25, 0.3) is 5.91 Å². The van der Waals surface area contributed by atoms with Crippen LogP contribution in [0, 0.1) is 21.4 Å². The van der Waals surface area contributed by atoms with Crippen molar-refractivity contribution in [3.63, 3.8) is 0 Å². The van der Waals surface area contributed by atoms with E-state index >= 15 is 0 Å². The lowest BCUT2D eigenvalue weighted by molar-refractivity contribution is -0.385. The van der Waals surface area contributed by atoms with Crippen LogP contribution < -0.4 is 10.1 Å². The minimum atomic E-state index is -0.605. The van der Waals surface area contributed by atoms with E-state index in [0.717, 1.165) is 5.56 Å². The number of hydrogen-bond acceptors (Lipinski definition) is 5. The molecule has 2 aromatic rings. The van der Waals surface area contributed by atoms with Crippen molar-refractivity contribution in [2.24, 2.45) is 0 Å². The van der Waals surface area contributed by atoms with Crippen LogP contribution in [0.2, 0.25) is 0 Å². The lowest BCUT2D eigenvalue weighted by atomic mass is 10.1. The van der Waals surface area contributed by atoms with Crippen molar-refractivity contribution in [3.8, 4) is 11.8 Å². The van der Waals surface area contributed by atoms with Crippen LogP contribution in [0.25, 0.3) is 0 Å². The number of nitrogens with one attached hydrogen (secondary N) is 1. The average Bonchev–Trinajstić information content (AvgIpc) is 2.59. The molecule has 0 fully saturated rings. The van der Waals surface area contributed by atoms with Crippen LogP contribution >= 0.6 is 0 Å². The topological polar surface area (TPSA) is 105 Å². The van der Waals surface area contributed by atoms with E-state index in [9.17, 15) is 14.9 Å². The predicted molar refractivity (Wildman–Crippen MR) is 82.0 cm³/mol. The largest absolute Gasteiger partial charge is 0.490 e. The van der Waals surface area contributed by atoms with Gasteiger partial charge in [-0.25, -0.2) is 0 Å². The van der Waals surface area contributed by atoms with E-state index in [4.69, 9.17) is 10.00 Å². The lowest BCUT2D eigenvalue weighted by Gasteiger charge is -2.07. The Labute approximate surface area is 132 Å². The predicted octanol–water partition coefficient (Wildman–Crippen LogP) is 2.41. The summed E-state index contributed by atoms with van der Waals surface area (Å²) in [4.78, 5) is 22.5. The van der Waals surface area contributed by atoms with Crippen molar-refractivity contribution in [1.82, 2.24) is 5.32 Å². The van der Waals surface area contributed by atoms with Crippen LogP contribution in [-0.2, 0) is 6.54 Å². The van der Waals surface area contributed by atoms with E-state index < -0.39 is 10.8 Å². The summed E-state index contributed by atoms with van der Waals surface area (Å²) >= 11 is 0. The van der Waals surface area contributed by atoms with Crippen molar-refractivity contribution in [2.75, 3.05) is 7.11 Å². The number of rotatable bonds is 5. The zero-order valence-corrected chi connectivity index (χ0v) is 12.3. The lowest BCUT2D eigenvalue weighted by Crippen LogP contribution is -2.22. The average molecular weight is 311 g/mol. The quantitative estimate of drug-likeness (QED) is 0.674. The minimum absolute atomic E-state index is 0.0910. The summed E-state index contributed by atoms with van der Waals surface area (Å²) in [6, 6.07) is 12.8. The van der Waals surface area contributed by atoms with E-state index in [2.05, 4.69) is 5.32 Å². The molecule has 23 heavy (non-hydrogen) atoms. The highest BCUT2D eigenvalue weighted by molar-refractivity contribution is 5.95. The van der Waals surface area contributed by atoms with Gasteiger partial charge in [0, 0.05) is 18.2 Å². The maximum atomic E-state index is 12.1. The summed E-state index contributed by atoms with van der Waals surface area (Å²) < 4.78 is 4.89. The molecule has 0 unspecified atom stereocenters. The molecule has 1 N–H and O–H groups in total. The van der Waals surface area contributed by atoms with Crippen molar-refractivity contribution in [3.05, 3.63) is 69.3 Å². The molecule has 0 aliphatic rings. The number of carbonyl (C=O) groups excluding carboxylic acids is 1. The zero-order chi connectivity index (χ0) is 16.8. The van der Waals surface area contributed by atoms with Gasteiger partial charge >= 0.3 is 5.69 Å². The van der Waals surface area contributed by atoms with Crippen molar-refractivity contribution < 1.29 is 14.5 Å². The van der Waals surface area contributed by atoms with Gasteiger partial charge in [-0.1, -0.05) is 12.1 Å². The Morgan fingerprint density at radius 1 is 1.35 bits per heavy atom. The second-order valence-corrected chi connectivity index (χ2v) is 4.64. The number of amides is 1. The number of benzene rings is 2. The smallest absolute Gasteiger partial charge is 0.311 e. The van der Waals surface area contributed by atoms with Crippen molar-refractivity contribution in [2.45, 2.75) is 6.54 Å². The third-order valence-corrected chi connectivity index (χ3v) is 3.15. The number of methoxy groups -OCH3 is 1. The third-order valence-electron chi connectivity index (χ3n) is 3.15. The Bertz CT molecular complexity index is 796. The van der Waals surface area contributed by atoms with E-state index in [1.165, 1.54) is 25.3 Å². The molecule has 0 spiro atoms. The first-order chi connectivity index (χ1) is 11.0. The van der Waals surface area contributed by atoms with Crippen LogP contribution in [0.1, 0.15) is 21.5 Å². The Morgan fingerprint density at radius 3 is 2.78 bits per heavy atom. The Morgan fingerprint density at radius 2 is 2.13 bits per heavy atom. The standard InChI is InChI=1S/C16H13N3O4/c1-23-15-6-5-13(8-14(15)19(21)22)16(20)18-10-12-4-2-3-11(7-12)9-17/h2-8H,10H2,1H3,(H,18,20). The summed E-state index contributed by atoms with van der Waals surface area (Å²) in [5, 5.41) is 22.5.